The van der Waals surface area contributed by atoms with Crippen LogP contribution in [0, 0.1) is 6.92 Å². The van der Waals surface area contributed by atoms with E-state index in [9.17, 15) is 0 Å². The third-order valence-electron chi connectivity index (χ3n) is 3.66. The highest BCUT2D eigenvalue weighted by atomic mass is 28.2. The minimum absolute atomic E-state index is 0.0569. The molecule has 1 aromatic heterocycles. The van der Waals surface area contributed by atoms with Crippen molar-refractivity contribution in [2.45, 2.75) is 25.9 Å². The quantitative estimate of drug-likeness (QED) is 0.568. The Balaban J connectivity index is 2.25. The van der Waals surface area contributed by atoms with E-state index >= 15 is 0 Å². The first-order valence-electron chi connectivity index (χ1n) is 6.66. The number of nitrogens with zero attached hydrogens (tertiary/aromatic N) is 1. The van der Waals surface area contributed by atoms with Gasteiger partial charge in [0, 0.05) is 22.8 Å². The van der Waals surface area contributed by atoms with Gasteiger partial charge in [-0.25, -0.2) is 0 Å². The van der Waals surface area contributed by atoms with Crippen molar-refractivity contribution >= 4 is 31.6 Å². The zero-order valence-electron chi connectivity index (χ0n) is 11.1. The number of hydrogen-bond donors (Lipinski definition) is 1. The topological polar surface area (TPSA) is 25.2 Å². The van der Waals surface area contributed by atoms with Crippen LogP contribution < -0.4 is 0 Å². The molecule has 2 radical (unpaired) electrons. The molecule has 2 aromatic carbocycles. The van der Waals surface area contributed by atoms with Gasteiger partial charge in [0.15, 0.2) is 0 Å². The average molecular weight is 267 g/mol. The maximum atomic E-state index is 8.99. The third kappa shape index (κ3) is 2.09. The summed E-state index contributed by atoms with van der Waals surface area (Å²) < 4.78 is 2.40. The minimum atomic E-state index is 0.0569. The highest BCUT2D eigenvalue weighted by Gasteiger charge is 2.11. The van der Waals surface area contributed by atoms with E-state index in [2.05, 4.69) is 54.0 Å². The van der Waals surface area contributed by atoms with E-state index in [-0.39, 0.29) is 9.76 Å². The van der Waals surface area contributed by atoms with Crippen molar-refractivity contribution in [1.29, 1.82) is 0 Å². The fourth-order valence-corrected chi connectivity index (χ4v) is 3.16. The lowest BCUT2D eigenvalue weighted by Crippen LogP contribution is -2.00. The van der Waals surface area contributed by atoms with Gasteiger partial charge in [-0.2, -0.15) is 0 Å². The Hall–Kier alpha value is -1.58. The Morgan fingerprint density at radius 1 is 1.05 bits per heavy atom. The Labute approximate surface area is 115 Å². The number of para-hydroxylation sites is 2. The fourth-order valence-electron chi connectivity index (χ4n) is 2.84. The third-order valence-corrected chi connectivity index (χ3v) is 4.24. The predicted octanol–water partition coefficient (Wildman–Crippen LogP) is 3.52. The van der Waals surface area contributed by atoms with E-state index < -0.39 is 0 Å². The summed E-state index contributed by atoms with van der Waals surface area (Å²) in [5, 5.41) is 2.66. The predicted molar refractivity (Wildman–Crippen MR) is 81.6 cm³/mol. The van der Waals surface area contributed by atoms with Crippen molar-refractivity contribution in [3.63, 3.8) is 0 Å². The van der Waals surface area contributed by atoms with E-state index in [4.69, 9.17) is 4.80 Å². The summed E-state index contributed by atoms with van der Waals surface area (Å²) in [4.78, 5) is 8.99. The Kier molecular flexibility index (Phi) is 3.40. The van der Waals surface area contributed by atoms with Crippen LogP contribution in [0.25, 0.3) is 21.8 Å². The van der Waals surface area contributed by atoms with Crippen LogP contribution in [-0.2, 0) is 6.54 Å². The van der Waals surface area contributed by atoms with Crippen LogP contribution in [-0.4, -0.2) is 19.1 Å². The molecule has 3 aromatic rings. The molecule has 0 saturated heterocycles. The van der Waals surface area contributed by atoms with Gasteiger partial charge in [-0.1, -0.05) is 36.4 Å². The normalized spacial score (nSPS) is 11.5. The van der Waals surface area contributed by atoms with E-state index in [1.54, 1.807) is 0 Å². The largest absolute Gasteiger partial charge is 0.432 e. The summed E-state index contributed by atoms with van der Waals surface area (Å²) in [7, 11) is 0.0569. The molecule has 0 atom stereocenters. The molecule has 1 N–H and O–H groups in total. The molecule has 0 aliphatic rings. The summed E-state index contributed by atoms with van der Waals surface area (Å²) in [6.45, 7) is 3.15. The molecule has 0 bridgehead atoms. The maximum Gasteiger partial charge on any atom is 0.224 e. The minimum Gasteiger partial charge on any atom is -0.432 e. The molecular formula is C16H17NOSi. The molecule has 0 saturated carbocycles. The summed E-state index contributed by atoms with van der Waals surface area (Å²) >= 11 is 0. The molecule has 19 heavy (non-hydrogen) atoms. The highest BCUT2D eigenvalue weighted by molar-refractivity contribution is 6.25. The Morgan fingerprint density at radius 3 is 2.68 bits per heavy atom. The molecule has 3 rings (SSSR count). The molecular weight excluding hydrogens is 250 g/mol. The van der Waals surface area contributed by atoms with Crippen LogP contribution in [0.5, 0.6) is 0 Å². The average Bonchev–Trinajstić information content (AvgIpc) is 2.76. The van der Waals surface area contributed by atoms with Crippen molar-refractivity contribution in [3.05, 3.63) is 48.0 Å². The molecule has 0 spiro atoms. The summed E-state index contributed by atoms with van der Waals surface area (Å²) in [6, 6.07) is 16.0. The number of hydrogen-bond acceptors (Lipinski definition) is 1. The SMILES string of the molecule is Cc1cccc2c3ccccc3n(CCC[Si]O)c12. The van der Waals surface area contributed by atoms with Gasteiger partial charge in [-0.3, -0.25) is 0 Å². The van der Waals surface area contributed by atoms with Crippen LogP contribution in [0.2, 0.25) is 6.04 Å². The van der Waals surface area contributed by atoms with Crippen molar-refractivity contribution < 1.29 is 4.80 Å². The lowest BCUT2D eigenvalue weighted by Gasteiger charge is -2.08. The molecule has 96 valence electrons. The van der Waals surface area contributed by atoms with Gasteiger partial charge in [-0.05, 0) is 31.0 Å². The van der Waals surface area contributed by atoms with Crippen LogP contribution >= 0.6 is 0 Å². The fraction of sp³-hybridized carbons (Fsp3) is 0.250. The van der Waals surface area contributed by atoms with Crippen LogP contribution in [0.15, 0.2) is 42.5 Å². The molecule has 0 unspecified atom stereocenters. The van der Waals surface area contributed by atoms with Gasteiger partial charge in [0.2, 0.25) is 9.76 Å². The van der Waals surface area contributed by atoms with E-state index in [1.165, 1.54) is 27.4 Å². The molecule has 0 amide bonds. The van der Waals surface area contributed by atoms with Crippen LogP contribution in [0.1, 0.15) is 12.0 Å². The van der Waals surface area contributed by atoms with Crippen LogP contribution in [0.3, 0.4) is 0 Å². The zero-order valence-corrected chi connectivity index (χ0v) is 12.1. The summed E-state index contributed by atoms with van der Waals surface area (Å²) in [6.07, 6.45) is 1.02. The molecule has 3 heteroatoms. The first kappa shape index (κ1) is 12.5. The van der Waals surface area contributed by atoms with Crippen molar-refractivity contribution in [2.75, 3.05) is 0 Å². The van der Waals surface area contributed by atoms with E-state index in [1.807, 2.05) is 0 Å². The summed E-state index contributed by atoms with van der Waals surface area (Å²) in [5.74, 6) is 0. The lowest BCUT2D eigenvalue weighted by molar-refractivity contribution is 0.589. The number of rotatable bonds is 4. The summed E-state index contributed by atoms with van der Waals surface area (Å²) in [5.41, 5.74) is 3.96. The second kappa shape index (κ2) is 5.19. The van der Waals surface area contributed by atoms with Gasteiger partial charge in [0.05, 0.1) is 5.52 Å². The molecule has 1 heterocycles. The Morgan fingerprint density at radius 2 is 1.84 bits per heavy atom. The number of benzene rings is 2. The molecule has 0 fully saturated rings. The first-order chi connectivity index (χ1) is 9.33. The standard InChI is InChI=1S/C16H17NOSi/c1-12-6-4-8-14-13-7-2-3-9-15(13)17(16(12)14)10-5-11-19-18/h2-4,6-9,18H,5,10-11H2,1H3. The smallest absolute Gasteiger partial charge is 0.224 e. The van der Waals surface area contributed by atoms with E-state index in [0.717, 1.165) is 19.0 Å². The second-order valence-corrected chi connectivity index (χ2v) is 5.72. The molecule has 0 aliphatic carbocycles. The van der Waals surface area contributed by atoms with Gasteiger partial charge >= 0.3 is 0 Å². The number of aromatic nitrogens is 1. The molecule has 0 aliphatic heterocycles. The van der Waals surface area contributed by atoms with E-state index in [0.29, 0.717) is 0 Å². The number of aryl methyl sites for hydroxylation is 2. The van der Waals surface area contributed by atoms with Gasteiger partial charge in [0.1, 0.15) is 0 Å². The van der Waals surface area contributed by atoms with Gasteiger partial charge < -0.3 is 9.36 Å². The Bertz CT molecular complexity index is 717. The molecule has 2 nitrogen and oxygen atoms in total. The van der Waals surface area contributed by atoms with Gasteiger partial charge in [-0.15, -0.1) is 0 Å². The number of fused-ring (bicyclic) bond motifs is 3. The van der Waals surface area contributed by atoms with Crippen molar-refractivity contribution in [2.24, 2.45) is 0 Å². The van der Waals surface area contributed by atoms with Crippen molar-refractivity contribution in [3.8, 4) is 0 Å². The monoisotopic (exact) mass is 267 g/mol. The van der Waals surface area contributed by atoms with Crippen LogP contribution in [0.4, 0.5) is 0 Å². The van der Waals surface area contributed by atoms with Gasteiger partial charge in [0.25, 0.3) is 0 Å². The maximum absolute atomic E-state index is 8.99. The lowest BCUT2D eigenvalue weighted by atomic mass is 10.1. The zero-order chi connectivity index (χ0) is 13.2. The highest BCUT2D eigenvalue weighted by Crippen LogP contribution is 2.31. The first-order valence-corrected chi connectivity index (χ1v) is 7.82. The second-order valence-electron chi connectivity index (χ2n) is 4.90. The van der Waals surface area contributed by atoms with Crippen molar-refractivity contribution in [1.82, 2.24) is 4.57 Å².